The Kier molecular flexibility index (Phi) is 4.22. The van der Waals surface area contributed by atoms with Crippen molar-refractivity contribution in [1.29, 1.82) is 0 Å². The number of hydrogen-bond acceptors (Lipinski definition) is 4. The van der Waals surface area contributed by atoms with Crippen LogP contribution >= 0.6 is 12.4 Å². The minimum absolute atomic E-state index is 0. The van der Waals surface area contributed by atoms with Crippen LogP contribution < -0.4 is 0 Å². The van der Waals surface area contributed by atoms with E-state index in [2.05, 4.69) is 15.1 Å². The molecule has 4 heterocycles. The molecule has 140 valence electrons. The summed E-state index contributed by atoms with van der Waals surface area (Å²) >= 11 is 0. The van der Waals surface area contributed by atoms with Gasteiger partial charge in [-0.25, -0.2) is 19.0 Å². The van der Waals surface area contributed by atoms with Gasteiger partial charge in [0.1, 0.15) is 5.82 Å². The molecule has 0 aliphatic carbocycles. The van der Waals surface area contributed by atoms with Crippen molar-refractivity contribution in [2.24, 2.45) is 0 Å². The van der Waals surface area contributed by atoms with Crippen LogP contribution in [0.4, 0.5) is 4.39 Å². The van der Waals surface area contributed by atoms with Gasteiger partial charge in [0.05, 0.1) is 36.5 Å². The van der Waals surface area contributed by atoms with Crippen LogP contribution in [0.25, 0.3) is 17.1 Å². The SMILES string of the molecule is Cc1ncn2c1Cn1nc(CN3CCCC3=O)nc1-c1cc(F)ccc1-2.Cl. The van der Waals surface area contributed by atoms with E-state index in [0.717, 1.165) is 30.0 Å². The van der Waals surface area contributed by atoms with Gasteiger partial charge >= 0.3 is 0 Å². The van der Waals surface area contributed by atoms with Gasteiger partial charge < -0.3 is 9.47 Å². The van der Waals surface area contributed by atoms with Crippen molar-refractivity contribution in [3.05, 3.63) is 47.6 Å². The molecule has 1 fully saturated rings. The zero-order valence-electron chi connectivity index (χ0n) is 14.7. The number of likely N-dealkylation sites (tertiary alicyclic amines) is 1. The summed E-state index contributed by atoms with van der Waals surface area (Å²) in [5.41, 5.74) is 3.40. The Bertz CT molecular complexity index is 1040. The molecule has 2 aliphatic rings. The Morgan fingerprint density at radius 3 is 2.93 bits per heavy atom. The van der Waals surface area contributed by atoms with Crippen molar-refractivity contribution in [1.82, 2.24) is 29.2 Å². The summed E-state index contributed by atoms with van der Waals surface area (Å²) in [5.74, 6) is 1.01. The highest BCUT2D eigenvalue weighted by Crippen LogP contribution is 2.32. The topological polar surface area (TPSA) is 68.8 Å². The van der Waals surface area contributed by atoms with Crippen LogP contribution in [0, 0.1) is 12.7 Å². The zero-order valence-corrected chi connectivity index (χ0v) is 15.5. The second-order valence-electron chi connectivity index (χ2n) is 6.74. The summed E-state index contributed by atoms with van der Waals surface area (Å²) < 4.78 is 17.7. The maximum absolute atomic E-state index is 14.0. The fourth-order valence-corrected chi connectivity index (χ4v) is 3.71. The molecule has 2 aliphatic heterocycles. The molecule has 0 unspecified atom stereocenters. The Morgan fingerprint density at radius 1 is 1.30 bits per heavy atom. The van der Waals surface area contributed by atoms with Crippen LogP contribution in [0.2, 0.25) is 0 Å². The first-order chi connectivity index (χ1) is 12.6. The van der Waals surface area contributed by atoms with Gasteiger partial charge in [0.15, 0.2) is 11.6 Å². The molecule has 9 heteroatoms. The highest BCUT2D eigenvalue weighted by atomic mass is 35.5. The van der Waals surface area contributed by atoms with Gasteiger partial charge in [-0.1, -0.05) is 0 Å². The molecule has 1 aromatic carbocycles. The van der Waals surface area contributed by atoms with E-state index in [0.29, 0.717) is 36.7 Å². The van der Waals surface area contributed by atoms with Gasteiger partial charge in [-0.05, 0) is 31.5 Å². The molecule has 0 radical (unpaired) electrons. The van der Waals surface area contributed by atoms with Gasteiger partial charge in [0.2, 0.25) is 5.91 Å². The number of aryl methyl sites for hydroxylation is 1. The van der Waals surface area contributed by atoms with Gasteiger partial charge in [-0.2, -0.15) is 5.10 Å². The third-order valence-electron chi connectivity index (χ3n) is 5.05. The van der Waals surface area contributed by atoms with E-state index in [9.17, 15) is 9.18 Å². The molecule has 3 aromatic rings. The van der Waals surface area contributed by atoms with Crippen LogP contribution in [0.3, 0.4) is 0 Å². The molecule has 7 nitrogen and oxygen atoms in total. The standard InChI is InChI=1S/C18H17FN6O.ClH/c1-11-15-8-25-18(21-16(22-25)9-23-6-2-3-17(23)26)13-7-12(19)4-5-14(13)24(15)10-20-11;/h4-5,7,10H,2-3,6,8-9H2,1H3;1H. The van der Waals surface area contributed by atoms with E-state index in [4.69, 9.17) is 0 Å². The van der Waals surface area contributed by atoms with Crippen LogP contribution in [0.15, 0.2) is 24.5 Å². The molecule has 0 N–H and O–H groups in total. The second kappa shape index (κ2) is 6.45. The molecule has 0 spiro atoms. The normalized spacial score (nSPS) is 15.0. The van der Waals surface area contributed by atoms with E-state index in [-0.39, 0.29) is 24.1 Å². The average molecular weight is 389 g/mol. The second-order valence-corrected chi connectivity index (χ2v) is 6.74. The van der Waals surface area contributed by atoms with Crippen molar-refractivity contribution in [2.75, 3.05) is 6.54 Å². The Labute approximate surface area is 161 Å². The third-order valence-corrected chi connectivity index (χ3v) is 5.05. The summed E-state index contributed by atoms with van der Waals surface area (Å²) in [4.78, 5) is 22.7. The number of aromatic nitrogens is 5. The number of carbonyl (C=O) groups excluding carboxylic acids is 1. The van der Waals surface area contributed by atoms with Crippen LogP contribution in [-0.4, -0.2) is 41.7 Å². The molecule has 0 bridgehead atoms. The number of carbonyl (C=O) groups is 1. The lowest BCUT2D eigenvalue weighted by Crippen LogP contribution is -2.24. The number of halogens is 2. The van der Waals surface area contributed by atoms with E-state index < -0.39 is 0 Å². The van der Waals surface area contributed by atoms with Crippen LogP contribution in [-0.2, 0) is 17.9 Å². The molecule has 1 saturated heterocycles. The first-order valence-corrected chi connectivity index (χ1v) is 8.65. The highest BCUT2D eigenvalue weighted by molar-refractivity contribution is 5.85. The number of hydrogen-bond donors (Lipinski definition) is 0. The zero-order chi connectivity index (χ0) is 17.8. The summed E-state index contributed by atoms with van der Waals surface area (Å²) in [6.45, 7) is 3.57. The molecular weight excluding hydrogens is 371 g/mol. The minimum atomic E-state index is -0.324. The summed E-state index contributed by atoms with van der Waals surface area (Å²) in [5, 5.41) is 4.60. The van der Waals surface area contributed by atoms with E-state index in [1.807, 2.05) is 11.5 Å². The number of nitrogens with zero attached hydrogens (tertiary/aromatic N) is 6. The molecule has 0 saturated carbocycles. The summed E-state index contributed by atoms with van der Waals surface area (Å²) in [7, 11) is 0. The van der Waals surface area contributed by atoms with Crippen molar-refractivity contribution >= 4 is 18.3 Å². The molecule has 27 heavy (non-hydrogen) atoms. The average Bonchev–Trinajstić information content (AvgIpc) is 3.28. The number of imidazole rings is 1. The Hall–Kier alpha value is -2.74. The first-order valence-electron chi connectivity index (χ1n) is 8.65. The number of rotatable bonds is 2. The number of fused-ring (bicyclic) bond motifs is 5. The molecule has 5 rings (SSSR count). The van der Waals surface area contributed by atoms with Crippen molar-refractivity contribution in [3.8, 4) is 17.1 Å². The van der Waals surface area contributed by atoms with Crippen LogP contribution in [0.1, 0.15) is 30.1 Å². The number of benzene rings is 1. The van der Waals surface area contributed by atoms with Crippen molar-refractivity contribution in [3.63, 3.8) is 0 Å². The number of amides is 1. The molecule has 1 amide bonds. The van der Waals surface area contributed by atoms with Gasteiger partial charge in [0, 0.05) is 18.5 Å². The van der Waals surface area contributed by atoms with E-state index in [1.165, 1.54) is 12.1 Å². The fourth-order valence-electron chi connectivity index (χ4n) is 3.71. The monoisotopic (exact) mass is 388 g/mol. The lowest BCUT2D eigenvalue weighted by molar-refractivity contribution is -0.128. The van der Waals surface area contributed by atoms with Gasteiger partial charge in [0.25, 0.3) is 0 Å². The fraction of sp³-hybridized carbons (Fsp3) is 0.333. The maximum Gasteiger partial charge on any atom is 0.223 e. The van der Waals surface area contributed by atoms with E-state index in [1.54, 1.807) is 22.0 Å². The smallest absolute Gasteiger partial charge is 0.223 e. The Morgan fingerprint density at radius 2 is 2.15 bits per heavy atom. The predicted molar refractivity (Wildman–Crippen MR) is 98.3 cm³/mol. The lowest BCUT2D eigenvalue weighted by Gasteiger charge is -2.12. The van der Waals surface area contributed by atoms with E-state index >= 15 is 0 Å². The third kappa shape index (κ3) is 2.80. The summed E-state index contributed by atoms with van der Waals surface area (Å²) in [6, 6.07) is 4.65. The van der Waals surface area contributed by atoms with Crippen molar-refractivity contribution < 1.29 is 9.18 Å². The quantitative estimate of drug-likeness (QED) is 0.529. The van der Waals surface area contributed by atoms with Gasteiger partial charge in [-0.3, -0.25) is 4.79 Å². The van der Waals surface area contributed by atoms with Crippen molar-refractivity contribution in [2.45, 2.75) is 32.9 Å². The predicted octanol–water partition coefficient (Wildman–Crippen LogP) is 2.48. The van der Waals surface area contributed by atoms with Gasteiger partial charge in [-0.15, -0.1) is 12.4 Å². The summed E-state index contributed by atoms with van der Waals surface area (Å²) in [6.07, 6.45) is 3.20. The highest BCUT2D eigenvalue weighted by Gasteiger charge is 2.26. The van der Waals surface area contributed by atoms with Crippen LogP contribution in [0.5, 0.6) is 0 Å². The lowest BCUT2D eigenvalue weighted by atomic mass is 10.1. The molecule has 0 atom stereocenters. The largest absolute Gasteiger partial charge is 0.335 e. The Balaban J connectivity index is 0.00000180. The minimum Gasteiger partial charge on any atom is -0.335 e. The molecular formula is C18H18ClFN6O. The maximum atomic E-state index is 14.0. The molecule has 2 aromatic heterocycles. The first kappa shape index (κ1) is 17.7.